The molecule has 1 saturated heterocycles. The van der Waals surface area contributed by atoms with Crippen LogP contribution in [0, 0.1) is 0 Å². The van der Waals surface area contributed by atoms with Crippen LogP contribution < -0.4 is 10.1 Å². The van der Waals surface area contributed by atoms with Crippen LogP contribution in [0.5, 0.6) is 5.75 Å². The fraction of sp³-hybridized carbons (Fsp3) is 0.455. The topological polar surface area (TPSA) is 58.6 Å². The molecule has 5 nitrogen and oxygen atoms in total. The van der Waals surface area contributed by atoms with Gasteiger partial charge in [0.1, 0.15) is 5.75 Å². The molecular weight excluding hydrogens is 400 g/mol. The summed E-state index contributed by atoms with van der Waals surface area (Å²) in [5, 5.41) is 3.13. The monoisotopic (exact) mass is 412 g/mol. The molecule has 1 aliphatic heterocycles. The molecule has 0 amide bonds. The van der Waals surface area contributed by atoms with Crippen molar-refractivity contribution in [2.75, 3.05) is 33.3 Å². The highest BCUT2D eigenvalue weighted by atomic mass is 79.9. The first-order chi connectivity index (χ1) is 8.96. The van der Waals surface area contributed by atoms with Gasteiger partial charge in [-0.05, 0) is 44.0 Å². The van der Waals surface area contributed by atoms with Crippen LogP contribution in [0.3, 0.4) is 0 Å². The zero-order chi connectivity index (χ0) is 14.0. The lowest BCUT2D eigenvalue weighted by Gasteiger charge is -2.26. The van der Waals surface area contributed by atoms with E-state index in [1.165, 1.54) is 11.4 Å². The fourth-order valence-electron chi connectivity index (χ4n) is 1.91. The van der Waals surface area contributed by atoms with Crippen LogP contribution in [0.15, 0.2) is 26.0 Å². The van der Waals surface area contributed by atoms with E-state index in [1.54, 1.807) is 12.1 Å². The highest BCUT2D eigenvalue weighted by Gasteiger charge is 2.27. The lowest BCUT2D eigenvalue weighted by atomic mass is 10.3. The highest BCUT2D eigenvalue weighted by Crippen LogP contribution is 2.36. The van der Waals surface area contributed by atoms with E-state index < -0.39 is 10.0 Å². The van der Waals surface area contributed by atoms with Gasteiger partial charge in [0.25, 0.3) is 0 Å². The van der Waals surface area contributed by atoms with Gasteiger partial charge in [-0.1, -0.05) is 0 Å². The Morgan fingerprint density at radius 3 is 2.21 bits per heavy atom. The van der Waals surface area contributed by atoms with Crippen LogP contribution in [0.25, 0.3) is 0 Å². The van der Waals surface area contributed by atoms with Crippen LogP contribution >= 0.6 is 31.9 Å². The van der Waals surface area contributed by atoms with Gasteiger partial charge >= 0.3 is 0 Å². The van der Waals surface area contributed by atoms with Crippen molar-refractivity contribution in [3.05, 3.63) is 21.1 Å². The summed E-state index contributed by atoms with van der Waals surface area (Å²) >= 11 is 6.65. The largest absolute Gasteiger partial charge is 0.494 e. The Morgan fingerprint density at radius 2 is 1.74 bits per heavy atom. The first-order valence-corrected chi connectivity index (χ1v) is 8.73. The van der Waals surface area contributed by atoms with Crippen molar-refractivity contribution in [1.29, 1.82) is 0 Å². The number of piperazine rings is 1. The van der Waals surface area contributed by atoms with Gasteiger partial charge < -0.3 is 10.1 Å². The second-order valence-corrected chi connectivity index (χ2v) is 7.72. The molecule has 0 aliphatic carbocycles. The summed E-state index contributed by atoms with van der Waals surface area (Å²) in [7, 11) is -1.92. The van der Waals surface area contributed by atoms with Crippen LogP contribution in [-0.4, -0.2) is 46.0 Å². The standard InChI is InChI=1S/C11H14Br2N2O3S/c1-18-11-9(12)6-8(7-10(11)13)19(16,17)15-4-2-14-3-5-15/h6-7,14H,2-5H2,1H3. The molecule has 0 radical (unpaired) electrons. The van der Waals surface area contributed by atoms with Crippen LogP contribution in [0.4, 0.5) is 0 Å². The van der Waals surface area contributed by atoms with Gasteiger partial charge in [-0.3, -0.25) is 0 Å². The SMILES string of the molecule is COc1c(Br)cc(S(=O)(=O)N2CCNCC2)cc1Br. The van der Waals surface area contributed by atoms with Gasteiger partial charge in [-0.2, -0.15) is 4.31 Å². The van der Waals surface area contributed by atoms with Crippen molar-refractivity contribution in [2.24, 2.45) is 0 Å². The molecule has 2 rings (SSSR count). The third-order valence-electron chi connectivity index (χ3n) is 2.89. The van der Waals surface area contributed by atoms with Gasteiger partial charge in [-0.25, -0.2) is 8.42 Å². The number of rotatable bonds is 3. The van der Waals surface area contributed by atoms with Crippen molar-refractivity contribution in [3.63, 3.8) is 0 Å². The second-order valence-electron chi connectivity index (χ2n) is 4.07. The van der Waals surface area contributed by atoms with Gasteiger partial charge in [0.05, 0.1) is 21.0 Å². The number of ether oxygens (including phenoxy) is 1. The van der Waals surface area contributed by atoms with E-state index in [-0.39, 0.29) is 4.90 Å². The third kappa shape index (κ3) is 3.13. The number of nitrogens with zero attached hydrogens (tertiary/aromatic N) is 1. The number of benzene rings is 1. The van der Waals surface area contributed by atoms with Crippen molar-refractivity contribution in [2.45, 2.75) is 4.90 Å². The first kappa shape index (κ1) is 15.2. The third-order valence-corrected chi connectivity index (χ3v) is 5.94. The molecule has 1 aromatic carbocycles. The summed E-state index contributed by atoms with van der Waals surface area (Å²) < 4.78 is 32.9. The molecule has 1 heterocycles. The maximum atomic E-state index is 12.5. The molecule has 1 fully saturated rings. The molecule has 8 heteroatoms. The van der Waals surface area contributed by atoms with Crippen molar-refractivity contribution < 1.29 is 13.2 Å². The molecule has 0 spiro atoms. The van der Waals surface area contributed by atoms with Gasteiger partial charge in [0.15, 0.2) is 0 Å². The van der Waals surface area contributed by atoms with E-state index in [9.17, 15) is 8.42 Å². The van der Waals surface area contributed by atoms with Crippen molar-refractivity contribution >= 4 is 41.9 Å². The minimum Gasteiger partial charge on any atom is -0.494 e. The Balaban J connectivity index is 2.40. The Labute approximate surface area is 129 Å². The summed E-state index contributed by atoms with van der Waals surface area (Å²) in [5.74, 6) is 0.583. The maximum absolute atomic E-state index is 12.5. The number of sulfonamides is 1. The Kier molecular flexibility index (Phi) is 4.88. The molecule has 1 aromatic rings. The van der Waals surface area contributed by atoms with Gasteiger partial charge in [0, 0.05) is 26.2 Å². The molecule has 1 N–H and O–H groups in total. The molecule has 0 aromatic heterocycles. The summed E-state index contributed by atoms with van der Waals surface area (Å²) in [6.45, 7) is 2.34. The minimum absolute atomic E-state index is 0.258. The normalized spacial score (nSPS) is 17.4. The number of nitrogens with one attached hydrogen (secondary N) is 1. The van der Waals surface area contributed by atoms with E-state index in [2.05, 4.69) is 37.2 Å². The van der Waals surface area contributed by atoms with Crippen LogP contribution in [0.2, 0.25) is 0 Å². The predicted molar refractivity (Wildman–Crippen MR) is 80.0 cm³/mol. The van der Waals surface area contributed by atoms with E-state index in [0.717, 1.165) is 0 Å². The molecule has 19 heavy (non-hydrogen) atoms. The minimum atomic E-state index is -3.45. The van der Waals surface area contributed by atoms with Gasteiger partial charge in [-0.15, -0.1) is 0 Å². The zero-order valence-electron chi connectivity index (χ0n) is 10.3. The predicted octanol–water partition coefficient (Wildman–Crippen LogP) is 1.81. The summed E-state index contributed by atoms with van der Waals surface area (Å²) in [4.78, 5) is 0.258. The van der Waals surface area contributed by atoms with Gasteiger partial charge in [0.2, 0.25) is 10.0 Å². The Bertz CT molecular complexity index is 548. The molecule has 1 aliphatic rings. The maximum Gasteiger partial charge on any atom is 0.243 e. The van der Waals surface area contributed by atoms with E-state index >= 15 is 0 Å². The lowest BCUT2D eigenvalue weighted by Crippen LogP contribution is -2.46. The highest BCUT2D eigenvalue weighted by molar-refractivity contribution is 9.11. The van der Waals surface area contributed by atoms with E-state index in [0.29, 0.717) is 40.9 Å². The number of hydrogen-bond donors (Lipinski definition) is 1. The summed E-state index contributed by atoms with van der Waals surface area (Å²) in [5.41, 5.74) is 0. The van der Waals surface area contributed by atoms with Crippen LogP contribution in [0.1, 0.15) is 0 Å². The van der Waals surface area contributed by atoms with E-state index in [1.807, 2.05) is 0 Å². The molecule has 106 valence electrons. The van der Waals surface area contributed by atoms with E-state index in [4.69, 9.17) is 4.74 Å². The fourth-order valence-corrected chi connectivity index (χ4v) is 5.22. The lowest BCUT2D eigenvalue weighted by molar-refractivity contribution is 0.360. The molecule has 0 bridgehead atoms. The van der Waals surface area contributed by atoms with Crippen LogP contribution in [-0.2, 0) is 10.0 Å². The van der Waals surface area contributed by atoms with Crippen molar-refractivity contribution in [1.82, 2.24) is 9.62 Å². The van der Waals surface area contributed by atoms with Crippen molar-refractivity contribution in [3.8, 4) is 5.75 Å². The Hall–Kier alpha value is -0.150. The summed E-state index contributed by atoms with van der Waals surface area (Å²) in [6.07, 6.45) is 0. The average Bonchev–Trinajstić information content (AvgIpc) is 2.39. The average molecular weight is 414 g/mol. The summed E-state index contributed by atoms with van der Waals surface area (Å²) in [6, 6.07) is 3.14. The number of hydrogen-bond acceptors (Lipinski definition) is 4. The zero-order valence-corrected chi connectivity index (χ0v) is 14.3. The Morgan fingerprint density at radius 1 is 1.21 bits per heavy atom. The molecule has 0 unspecified atom stereocenters. The second kappa shape index (κ2) is 6.09. The molecule has 0 atom stereocenters. The molecule has 0 saturated carbocycles. The number of halogens is 2. The quantitative estimate of drug-likeness (QED) is 0.820. The smallest absolute Gasteiger partial charge is 0.243 e. The first-order valence-electron chi connectivity index (χ1n) is 5.70. The number of methoxy groups -OCH3 is 1. The molecular formula is C11H14Br2N2O3S.